The Kier molecular flexibility index (Phi) is 4.16. The number of halogens is 5. The molecule has 1 fully saturated rings. The molecule has 1 rings (SSSR count). The highest BCUT2D eigenvalue weighted by Gasteiger charge is 2.63. The standard InChI is InChI=1S/C9H12F5NO3/c10-8(11,9(12,13)14)6(16)15-5-7(17)1-3-18-4-2-7/h17H,1-5H2,(H,15,16). The van der Waals surface area contributed by atoms with Gasteiger partial charge in [0, 0.05) is 32.6 Å². The minimum absolute atomic E-state index is 0.0604. The van der Waals surface area contributed by atoms with Crippen LogP contribution in [-0.2, 0) is 9.53 Å². The van der Waals surface area contributed by atoms with Gasteiger partial charge in [0.25, 0.3) is 5.91 Å². The first kappa shape index (κ1) is 15.1. The van der Waals surface area contributed by atoms with E-state index in [1.807, 2.05) is 0 Å². The number of carbonyl (C=O) groups is 1. The number of aliphatic hydroxyl groups is 1. The average Bonchev–Trinajstić information content (AvgIpc) is 2.25. The fraction of sp³-hybridized carbons (Fsp3) is 0.889. The van der Waals surface area contributed by atoms with Crippen molar-refractivity contribution >= 4 is 5.91 Å². The van der Waals surface area contributed by atoms with Crippen LogP contribution in [0.4, 0.5) is 22.0 Å². The summed E-state index contributed by atoms with van der Waals surface area (Å²) in [6, 6.07) is 0. The van der Waals surface area contributed by atoms with Crippen LogP contribution in [0.5, 0.6) is 0 Å². The fourth-order valence-electron chi connectivity index (χ4n) is 1.41. The van der Waals surface area contributed by atoms with Crippen LogP contribution < -0.4 is 5.32 Å². The zero-order chi connectivity index (χ0) is 14.0. The number of ether oxygens (including phenoxy) is 1. The highest BCUT2D eigenvalue weighted by Crippen LogP contribution is 2.35. The number of hydrogen-bond acceptors (Lipinski definition) is 3. The van der Waals surface area contributed by atoms with Gasteiger partial charge in [-0.15, -0.1) is 0 Å². The van der Waals surface area contributed by atoms with Gasteiger partial charge in [-0.25, -0.2) is 0 Å². The Morgan fingerprint density at radius 1 is 1.22 bits per heavy atom. The van der Waals surface area contributed by atoms with Crippen molar-refractivity contribution in [3.63, 3.8) is 0 Å². The van der Waals surface area contributed by atoms with E-state index in [1.54, 1.807) is 0 Å². The van der Waals surface area contributed by atoms with Gasteiger partial charge >= 0.3 is 12.1 Å². The Bertz CT molecular complexity index is 312. The molecule has 0 radical (unpaired) electrons. The lowest BCUT2D eigenvalue weighted by atomic mass is 9.94. The van der Waals surface area contributed by atoms with E-state index >= 15 is 0 Å². The summed E-state index contributed by atoms with van der Waals surface area (Å²) in [4.78, 5) is 10.8. The van der Waals surface area contributed by atoms with Gasteiger partial charge in [-0.05, 0) is 0 Å². The second-order valence-electron chi connectivity index (χ2n) is 4.09. The van der Waals surface area contributed by atoms with Gasteiger partial charge in [0.05, 0.1) is 5.60 Å². The molecule has 0 aliphatic carbocycles. The summed E-state index contributed by atoms with van der Waals surface area (Å²) in [5.74, 6) is -7.93. The van der Waals surface area contributed by atoms with Crippen molar-refractivity contribution < 1.29 is 36.6 Å². The van der Waals surface area contributed by atoms with E-state index in [-0.39, 0.29) is 26.1 Å². The average molecular weight is 277 g/mol. The van der Waals surface area contributed by atoms with Gasteiger partial charge in [-0.3, -0.25) is 4.79 Å². The molecular formula is C9H12F5NO3. The molecule has 18 heavy (non-hydrogen) atoms. The molecule has 1 amide bonds. The first-order valence-corrected chi connectivity index (χ1v) is 5.11. The van der Waals surface area contributed by atoms with E-state index < -0.39 is 30.2 Å². The van der Waals surface area contributed by atoms with E-state index in [4.69, 9.17) is 4.74 Å². The van der Waals surface area contributed by atoms with Crippen LogP contribution >= 0.6 is 0 Å². The van der Waals surface area contributed by atoms with E-state index in [2.05, 4.69) is 0 Å². The van der Waals surface area contributed by atoms with Crippen LogP contribution in [0.1, 0.15) is 12.8 Å². The van der Waals surface area contributed by atoms with Crippen LogP contribution in [-0.4, -0.2) is 48.5 Å². The summed E-state index contributed by atoms with van der Waals surface area (Å²) in [7, 11) is 0. The topological polar surface area (TPSA) is 58.6 Å². The summed E-state index contributed by atoms with van der Waals surface area (Å²) < 4.78 is 65.6. The Hall–Kier alpha value is -0.960. The Morgan fingerprint density at radius 2 is 1.72 bits per heavy atom. The molecule has 0 atom stereocenters. The summed E-state index contributed by atoms with van der Waals surface area (Å²) in [6.07, 6.45) is -5.83. The monoisotopic (exact) mass is 277 g/mol. The number of rotatable bonds is 3. The summed E-state index contributed by atoms with van der Waals surface area (Å²) in [6.45, 7) is -0.356. The van der Waals surface area contributed by atoms with Gasteiger partial charge < -0.3 is 15.2 Å². The van der Waals surface area contributed by atoms with Gasteiger partial charge in [-0.2, -0.15) is 22.0 Å². The lowest BCUT2D eigenvalue weighted by molar-refractivity contribution is -0.270. The maximum atomic E-state index is 12.6. The number of alkyl halides is 5. The van der Waals surface area contributed by atoms with E-state index in [9.17, 15) is 31.9 Å². The molecule has 0 saturated carbocycles. The summed E-state index contributed by atoms with van der Waals surface area (Å²) in [5, 5.41) is 11.2. The lowest BCUT2D eigenvalue weighted by Gasteiger charge is -2.32. The van der Waals surface area contributed by atoms with Crippen molar-refractivity contribution in [2.45, 2.75) is 30.5 Å². The van der Waals surface area contributed by atoms with Gasteiger partial charge in [-0.1, -0.05) is 0 Å². The van der Waals surface area contributed by atoms with E-state index in [0.29, 0.717) is 0 Å². The number of hydrogen-bond donors (Lipinski definition) is 2. The van der Waals surface area contributed by atoms with Crippen LogP contribution in [0.25, 0.3) is 0 Å². The minimum Gasteiger partial charge on any atom is -0.388 e. The third-order valence-electron chi connectivity index (χ3n) is 2.64. The molecule has 0 unspecified atom stereocenters. The van der Waals surface area contributed by atoms with Crippen LogP contribution in [0.3, 0.4) is 0 Å². The minimum atomic E-state index is -5.95. The highest BCUT2D eigenvalue weighted by atomic mass is 19.4. The molecule has 1 saturated heterocycles. The first-order chi connectivity index (χ1) is 8.08. The van der Waals surface area contributed by atoms with Crippen LogP contribution in [0, 0.1) is 0 Å². The molecule has 1 aliphatic heterocycles. The summed E-state index contributed by atoms with van der Waals surface area (Å²) >= 11 is 0. The Balaban J connectivity index is 2.55. The predicted molar refractivity (Wildman–Crippen MR) is 49.0 cm³/mol. The molecule has 4 nitrogen and oxygen atoms in total. The molecule has 9 heteroatoms. The third kappa shape index (κ3) is 3.29. The quantitative estimate of drug-likeness (QED) is 0.752. The van der Waals surface area contributed by atoms with Crippen LogP contribution in [0.15, 0.2) is 0 Å². The van der Waals surface area contributed by atoms with Crippen molar-refractivity contribution in [1.29, 1.82) is 0 Å². The smallest absolute Gasteiger partial charge is 0.388 e. The SMILES string of the molecule is O=C(NCC1(O)CCOCC1)C(F)(F)C(F)(F)F. The van der Waals surface area contributed by atoms with Gasteiger partial charge in [0.1, 0.15) is 0 Å². The normalized spacial score (nSPS) is 20.6. The molecule has 0 aromatic heterocycles. The molecule has 0 aromatic rings. The van der Waals surface area contributed by atoms with E-state index in [1.165, 1.54) is 5.32 Å². The largest absolute Gasteiger partial charge is 0.463 e. The predicted octanol–water partition coefficient (Wildman–Crippen LogP) is 0.842. The van der Waals surface area contributed by atoms with Crippen LogP contribution in [0.2, 0.25) is 0 Å². The second-order valence-corrected chi connectivity index (χ2v) is 4.09. The molecule has 0 aromatic carbocycles. The fourth-order valence-corrected chi connectivity index (χ4v) is 1.41. The third-order valence-corrected chi connectivity index (χ3v) is 2.64. The molecule has 106 valence electrons. The van der Waals surface area contributed by atoms with Gasteiger partial charge in [0.2, 0.25) is 0 Å². The first-order valence-electron chi connectivity index (χ1n) is 5.11. The van der Waals surface area contributed by atoms with Gasteiger partial charge in [0.15, 0.2) is 0 Å². The highest BCUT2D eigenvalue weighted by molar-refractivity contribution is 5.84. The molecule has 0 bridgehead atoms. The van der Waals surface area contributed by atoms with Crippen molar-refractivity contribution in [3.8, 4) is 0 Å². The maximum absolute atomic E-state index is 12.6. The Labute approximate surface area is 99.1 Å². The lowest BCUT2D eigenvalue weighted by Crippen LogP contribution is -2.54. The maximum Gasteiger partial charge on any atom is 0.463 e. The van der Waals surface area contributed by atoms with Crippen molar-refractivity contribution in [3.05, 3.63) is 0 Å². The zero-order valence-corrected chi connectivity index (χ0v) is 9.19. The van der Waals surface area contributed by atoms with Crippen molar-refractivity contribution in [2.24, 2.45) is 0 Å². The number of amides is 1. The molecule has 1 aliphatic rings. The summed E-state index contributed by atoms with van der Waals surface area (Å²) in [5.41, 5.74) is -1.50. The zero-order valence-electron chi connectivity index (χ0n) is 9.19. The number of carbonyl (C=O) groups excluding carboxylic acids is 1. The van der Waals surface area contributed by atoms with Crippen molar-refractivity contribution in [2.75, 3.05) is 19.8 Å². The number of nitrogens with one attached hydrogen (secondary N) is 1. The molecular weight excluding hydrogens is 265 g/mol. The molecule has 1 heterocycles. The van der Waals surface area contributed by atoms with Crippen molar-refractivity contribution in [1.82, 2.24) is 5.32 Å². The second kappa shape index (κ2) is 4.96. The van der Waals surface area contributed by atoms with E-state index in [0.717, 1.165) is 0 Å². The molecule has 2 N–H and O–H groups in total. The Morgan fingerprint density at radius 3 is 2.17 bits per heavy atom. The molecule has 0 spiro atoms.